The number of hydrogen-bond acceptors (Lipinski definition) is 3. The van der Waals surface area contributed by atoms with Crippen LogP contribution in [0.3, 0.4) is 0 Å². The summed E-state index contributed by atoms with van der Waals surface area (Å²) in [5, 5.41) is 22.8. The molecular weight excluding hydrogens is 394 g/mol. The molecule has 2 aromatic carbocycles. The summed E-state index contributed by atoms with van der Waals surface area (Å²) in [4.78, 5) is 12.1. The number of fused-ring (bicyclic) bond motifs is 2. The van der Waals surface area contributed by atoms with Crippen LogP contribution in [0.1, 0.15) is 36.8 Å². The van der Waals surface area contributed by atoms with E-state index in [1.54, 1.807) is 24.3 Å². The van der Waals surface area contributed by atoms with Crippen molar-refractivity contribution in [3.8, 4) is 5.75 Å². The maximum Gasteiger partial charge on any atom is 0.329 e. The van der Waals surface area contributed by atoms with Crippen molar-refractivity contribution in [3.05, 3.63) is 64.1 Å². The zero-order valence-corrected chi connectivity index (χ0v) is 15.8. The Morgan fingerprint density at radius 2 is 1.77 bits per heavy atom. The number of aromatic hydroxyl groups is 1. The van der Waals surface area contributed by atoms with E-state index in [9.17, 15) is 15.0 Å². The first kappa shape index (κ1) is 17.2. The average molecular weight is 414 g/mol. The highest BCUT2D eigenvalue weighted by Crippen LogP contribution is 2.55. The fourth-order valence-electron chi connectivity index (χ4n) is 4.33. The summed E-state index contributed by atoms with van der Waals surface area (Å²) >= 11 is 3.75. The van der Waals surface area contributed by atoms with Crippen LogP contribution in [0, 0.1) is 0 Å². The van der Waals surface area contributed by atoms with E-state index in [0.29, 0.717) is 18.5 Å². The van der Waals surface area contributed by atoms with Crippen LogP contribution in [0.2, 0.25) is 0 Å². The summed E-state index contributed by atoms with van der Waals surface area (Å²) in [7, 11) is 0. The first-order valence-corrected chi connectivity index (χ1v) is 9.52. The van der Waals surface area contributed by atoms with Gasteiger partial charge in [0.25, 0.3) is 0 Å². The second-order valence-corrected chi connectivity index (χ2v) is 8.08. The molecule has 2 aromatic rings. The molecule has 4 nitrogen and oxygen atoms in total. The van der Waals surface area contributed by atoms with Crippen LogP contribution in [-0.2, 0) is 10.2 Å². The van der Waals surface area contributed by atoms with Crippen molar-refractivity contribution in [2.75, 3.05) is 5.32 Å². The van der Waals surface area contributed by atoms with Gasteiger partial charge in [0.1, 0.15) is 11.3 Å². The molecule has 3 N–H and O–H groups in total. The number of aliphatic carboxylic acids is 1. The molecule has 0 unspecified atom stereocenters. The van der Waals surface area contributed by atoms with E-state index >= 15 is 0 Å². The minimum Gasteiger partial charge on any atom is -0.508 e. The fourth-order valence-corrected chi connectivity index (χ4v) is 5.18. The Morgan fingerprint density at radius 3 is 2.46 bits per heavy atom. The molecule has 2 aliphatic rings. The SMILES string of the molecule is O=C(O)C1(Nc2cccc(O)c2)CCC2(CC1)C(Br)=Cc1ccccc12. The standard InChI is InChI=1S/C21H20BrNO3/c22-18-12-14-4-1-2-7-17(14)20(18)8-10-21(11-9-20,19(25)26)23-15-5-3-6-16(24)13-15/h1-7,12-13,23-24H,8-11H2,(H,25,26). The number of carboxylic acid groups (broad SMARTS) is 1. The Labute approximate surface area is 160 Å². The zero-order valence-electron chi connectivity index (χ0n) is 14.2. The van der Waals surface area contributed by atoms with Gasteiger partial charge in [-0.25, -0.2) is 4.79 Å². The highest BCUT2D eigenvalue weighted by molar-refractivity contribution is 9.11. The highest BCUT2D eigenvalue weighted by Gasteiger charge is 2.51. The maximum absolute atomic E-state index is 12.1. The number of phenolic OH excluding ortho intramolecular Hbond substituents is 1. The number of hydrogen-bond donors (Lipinski definition) is 3. The lowest BCUT2D eigenvalue weighted by Gasteiger charge is -2.44. The van der Waals surface area contributed by atoms with Gasteiger partial charge in [-0.3, -0.25) is 0 Å². The van der Waals surface area contributed by atoms with E-state index in [4.69, 9.17) is 0 Å². The Morgan fingerprint density at radius 1 is 1.04 bits per heavy atom. The molecule has 0 aliphatic heterocycles. The number of carboxylic acids is 1. The van der Waals surface area contributed by atoms with Gasteiger partial charge < -0.3 is 15.5 Å². The number of nitrogens with one attached hydrogen (secondary N) is 1. The predicted octanol–water partition coefficient (Wildman–Crippen LogP) is 4.89. The van der Waals surface area contributed by atoms with Gasteiger partial charge in [-0.2, -0.15) is 0 Å². The first-order valence-electron chi connectivity index (χ1n) is 8.73. The number of allylic oxidation sites excluding steroid dienone is 1. The van der Waals surface area contributed by atoms with Crippen LogP contribution in [0.5, 0.6) is 5.75 Å². The molecule has 1 spiro atoms. The molecule has 1 saturated carbocycles. The molecule has 0 amide bonds. The van der Waals surface area contributed by atoms with Crippen molar-refractivity contribution in [1.29, 1.82) is 0 Å². The number of rotatable bonds is 3. The molecule has 1 fully saturated rings. The Balaban J connectivity index is 1.63. The van der Waals surface area contributed by atoms with Gasteiger partial charge in [-0.15, -0.1) is 0 Å². The maximum atomic E-state index is 12.1. The number of phenols is 1. The second kappa shape index (κ2) is 6.16. The van der Waals surface area contributed by atoms with Gasteiger partial charge in [0, 0.05) is 21.7 Å². The molecule has 4 rings (SSSR count). The summed E-state index contributed by atoms with van der Waals surface area (Å²) in [5.41, 5.74) is 1.97. The highest BCUT2D eigenvalue weighted by atomic mass is 79.9. The fraction of sp³-hybridized carbons (Fsp3) is 0.286. The molecule has 0 radical (unpaired) electrons. The molecular formula is C21H20BrNO3. The lowest BCUT2D eigenvalue weighted by molar-refractivity contribution is -0.143. The van der Waals surface area contributed by atoms with E-state index in [1.807, 2.05) is 12.1 Å². The Kier molecular flexibility index (Phi) is 4.07. The lowest BCUT2D eigenvalue weighted by Crippen LogP contribution is -2.51. The number of anilines is 1. The summed E-state index contributed by atoms with van der Waals surface area (Å²) in [6, 6.07) is 15.0. The van der Waals surface area contributed by atoms with Crippen LogP contribution >= 0.6 is 15.9 Å². The third kappa shape index (κ3) is 2.62. The van der Waals surface area contributed by atoms with Crippen LogP contribution in [-0.4, -0.2) is 21.7 Å². The summed E-state index contributed by atoms with van der Waals surface area (Å²) in [5.74, 6) is -0.722. The minimum absolute atomic E-state index is 0.123. The van der Waals surface area contributed by atoms with Crippen molar-refractivity contribution in [2.24, 2.45) is 0 Å². The normalized spacial score (nSPS) is 27.0. The molecule has 26 heavy (non-hydrogen) atoms. The Hall–Kier alpha value is -2.27. The smallest absolute Gasteiger partial charge is 0.329 e. The molecule has 0 aromatic heterocycles. The second-order valence-electron chi connectivity index (χ2n) is 7.22. The van der Waals surface area contributed by atoms with Gasteiger partial charge >= 0.3 is 5.97 Å². The summed E-state index contributed by atoms with van der Waals surface area (Å²) in [6.07, 6.45) is 4.68. The minimum atomic E-state index is -1.02. The largest absolute Gasteiger partial charge is 0.508 e. The predicted molar refractivity (Wildman–Crippen MR) is 106 cm³/mol. The van der Waals surface area contributed by atoms with Crippen LogP contribution in [0.15, 0.2) is 53.0 Å². The van der Waals surface area contributed by atoms with Crippen molar-refractivity contribution in [1.82, 2.24) is 0 Å². The molecule has 0 bridgehead atoms. The van der Waals surface area contributed by atoms with E-state index < -0.39 is 11.5 Å². The molecule has 0 saturated heterocycles. The van der Waals surface area contributed by atoms with Crippen LogP contribution in [0.25, 0.3) is 6.08 Å². The van der Waals surface area contributed by atoms with Crippen LogP contribution in [0.4, 0.5) is 5.69 Å². The average Bonchev–Trinajstić information content (AvgIpc) is 2.89. The zero-order chi connectivity index (χ0) is 18.4. The number of benzene rings is 2. The van der Waals surface area contributed by atoms with Crippen molar-refractivity contribution in [2.45, 2.75) is 36.6 Å². The molecule has 2 aliphatic carbocycles. The number of halogens is 1. The van der Waals surface area contributed by atoms with Gasteiger partial charge in [0.2, 0.25) is 0 Å². The monoisotopic (exact) mass is 413 g/mol. The van der Waals surface area contributed by atoms with E-state index in [0.717, 1.165) is 17.3 Å². The number of carbonyl (C=O) groups is 1. The van der Waals surface area contributed by atoms with Gasteiger partial charge in [0.15, 0.2) is 0 Å². The summed E-state index contributed by atoms with van der Waals surface area (Å²) in [6.45, 7) is 0. The van der Waals surface area contributed by atoms with Gasteiger partial charge in [0.05, 0.1) is 0 Å². The third-order valence-electron chi connectivity index (χ3n) is 5.81. The van der Waals surface area contributed by atoms with Crippen molar-refractivity contribution >= 4 is 33.7 Å². The molecule has 0 heterocycles. The first-order chi connectivity index (χ1) is 12.5. The van der Waals surface area contributed by atoms with E-state index in [1.165, 1.54) is 11.1 Å². The van der Waals surface area contributed by atoms with Crippen LogP contribution < -0.4 is 5.32 Å². The Bertz CT molecular complexity index is 898. The van der Waals surface area contributed by atoms with Gasteiger partial charge in [-0.05, 0) is 55.0 Å². The van der Waals surface area contributed by atoms with Crippen molar-refractivity contribution in [3.63, 3.8) is 0 Å². The summed E-state index contributed by atoms with van der Waals surface area (Å²) < 4.78 is 1.14. The van der Waals surface area contributed by atoms with E-state index in [-0.39, 0.29) is 11.2 Å². The van der Waals surface area contributed by atoms with Gasteiger partial charge in [-0.1, -0.05) is 46.3 Å². The molecule has 0 atom stereocenters. The quantitative estimate of drug-likeness (QED) is 0.669. The van der Waals surface area contributed by atoms with E-state index in [2.05, 4.69) is 39.5 Å². The van der Waals surface area contributed by atoms with Crippen molar-refractivity contribution < 1.29 is 15.0 Å². The topological polar surface area (TPSA) is 69.6 Å². The third-order valence-corrected chi connectivity index (χ3v) is 6.80. The molecule has 5 heteroatoms. The lowest BCUT2D eigenvalue weighted by atomic mass is 9.65. The molecule has 134 valence electrons.